The van der Waals surface area contributed by atoms with Gasteiger partial charge in [-0.1, -0.05) is 49.4 Å². The van der Waals surface area contributed by atoms with Gasteiger partial charge in [0.2, 0.25) is 0 Å². The van der Waals surface area contributed by atoms with Crippen LogP contribution in [0.25, 0.3) is 5.69 Å². The van der Waals surface area contributed by atoms with E-state index < -0.39 is 34.7 Å². The second kappa shape index (κ2) is 7.65. The van der Waals surface area contributed by atoms with Crippen LogP contribution in [0.5, 0.6) is 5.75 Å². The molecule has 0 radical (unpaired) electrons. The SMILES string of the molecule is CC1=CC(=O)[C@@H]2C[C@@H]3C(=CCn4c(=O)n(-c5ccccc5)c(=O)n43)[C@H](c3ccccc3O)[C@]2(C)C1=O. The molecule has 6 rings (SSSR count). The molecule has 8 heteroatoms. The highest BCUT2D eigenvalue weighted by atomic mass is 16.3. The minimum atomic E-state index is -1.13. The zero-order valence-electron chi connectivity index (χ0n) is 19.9. The first kappa shape index (κ1) is 22.3. The van der Waals surface area contributed by atoms with Gasteiger partial charge in [0.25, 0.3) is 0 Å². The summed E-state index contributed by atoms with van der Waals surface area (Å²) in [5.74, 6) is -1.65. The van der Waals surface area contributed by atoms with E-state index in [4.69, 9.17) is 0 Å². The molecule has 1 saturated carbocycles. The third-order valence-corrected chi connectivity index (χ3v) is 8.17. The van der Waals surface area contributed by atoms with Crippen LogP contribution in [0.1, 0.15) is 37.8 Å². The summed E-state index contributed by atoms with van der Waals surface area (Å²) in [5, 5.41) is 10.9. The minimum Gasteiger partial charge on any atom is -0.508 e. The van der Waals surface area contributed by atoms with E-state index in [1.807, 2.05) is 12.1 Å². The summed E-state index contributed by atoms with van der Waals surface area (Å²) in [6, 6.07) is 14.9. The maximum atomic E-state index is 13.7. The molecule has 0 saturated heterocycles. The Morgan fingerprint density at radius 3 is 2.36 bits per heavy atom. The highest BCUT2D eigenvalue weighted by Gasteiger charge is 2.59. The van der Waals surface area contributed by atoms with Crippen molar-refractivity contribution in [2.24, 2.45) is 11.3 Å². The van der Waals surface area contributed by atoms with Gasteiger partial charge in [0.1, 0.15) is 5.75 Å². The van der Waals surface area contributed by atoms with Gasteiger partial charge < -0.3 is 5.11 Å². The lowest BCUT2D eigenvalue weighted by atomic mass is 9.51. The predicted octanol–water partition coefficient (Wildman–Crippen LogP) is 2.90. The number of benzene rings is 2. The van der Waals surface area contributed by atoms with Crippen molar-refractivity contribution in [1.29, 1.82) is 0 Å². The largest absolute Gasteiger partial charge is 0.508 e. The van der Waals surface area contributed by atoms with Crippen LogP contribution < -0.4 is 11.4 Å². The number of allylic oxidation sites excluding steroid dienone is 4. The minimum absolute atomic E-state index is 0.0219. The number of phenols is 1. The number of aromatic nitrogens is 3. The molecule has 2 heterocycles. The van der Waals surface area contributed by atoms with Crippen molar-refractivity contribution in [2.45, 2.75) is 38.8 Å². The summed E-state index contributed by atoms with van der Waals surface area (Å²) in [7, 11) is 0. The average molecular weight is 484 g/mol. The molecule has 1 fully saturated rings. The van der Waals surface area contributed by atoms with Crippen molar-refractivity contribution in [3.63, 3.8) is 0 Å². The lowest BCUT2D eigenvalue weighted by molar-refractivity contribution is -0.139. The standard InChI is InChI=1S/C28H25N3O5/c1-16-14-23(33)20-15-21-18(24(28(20,2)25(16)34)19-10-6-7-11-22(19)32)12-13-29-26(35)30(27(36)31(21)29)17-8-4-3-5-9-17/h3-12,14,20-21,24,32H,13,15H2,1-2H3/t20-,21+,24+,28+/m0/s1. The molecule has 0 unspecified atom stereocenters. The first-order valence-electron chi connectivity index (χ1n) is 12.0. The van der Waals surface area contributed by atoms with E-state index in [-0.39, 0.29) is 30.3 Å². The van der Waals surface area contributed by atoms with Gasteiger partial charge >= 0.3 is 11.4 Å². The van der Waals surface area contributed by atoms with Crippen molar-refractivity contribution < 1.29 is 14.7 Å². The second-order valence-corrected chi connectivity index (χ2v) is 10.0. The van der Waals surface area contributed by atoms with Gasteiger partial charge in [-0.25, -0.2) is 23.5 Å². The van der Waals surface area contributed by atoms with E-state index in [9.17, 15) is 24.3 Å². The molecule has 2 aromatic carbocycles. The summed E-state index contributed by atoms with van der Waals surface area (Å²) in [6.45, 7) is 3.58. The molecule has 0 spiro atoms. The van der Waals surface area contributed by atoms with Crippen LogP contribution in [0.3, 0.4) is 0 Å². The Labute approximate surface area is 206 Å². The summed E-state index contributed by atoms with van der Waals surface area (Å²) in [4.78, 5) is 54.1. The quantitative estimate of drug-likeness (QED) is 0.565. The molecule has 1 aromatic heterocycles. The molecular formula is C28H25N3O5. The zero-order chi connectivity index (χ0) is 25.4. The fourth-order valence-electron chi connectivity index (χ4n) is 6.53. The number of carbonyl (C=O) groups is 2. The van der Waals surface area contributed by atoms with Crippen molar-refractivity contribution in [3.8, 4) is 11.4 Å². The Hall–Kier alpha value is -4.20. The van der Waals surface area contributed by atoms with Gasteiger partial charge in [0.05, 0.1) is 23.7 Å². The van der Waals surface area contributed by atoms with E-state index in [1.165, 1.54) is 15.4 Å². The van der Waals surface area contributed by atoms with Gasteiger partial charge in [0.15, 0.2) is 11.6 Å². The first-order chi connectivity index (χ1) is 17.2. The fourth-order valence-corrected chi connectivity index (χ4v) is 6.53. The normalized spacial score (nSPS) is 27.0. The van der Waals surface area contributed by atoms with Crippen LogP contribution >= 0.6 is 0 Å². The molecule has 3 aromatic rings. The van der Waals surface area contributed by atoms with E-state index in [0.29, 0.717) is 16.8 Å². The van der Waals surface area contributed by atoms with Gasteiger partial charge in [0, 0.05) is 17.4 Å². The molecule has 36 heavy (non-hydrogen) atoms. The number of para-hydroxylation sites is 2. The smallest absolute Gasteiger partial charge is 0.352 e. The maximum Gasteiger partial charge on any atom is 0.352 e. The molecule has 3 aliphatic rings. The Bertz CT molecular complexity index is 1620. The monoisotopic (exact) mass is 483 g/mol. The molecular weight excluding hydrogens is 458 g/mol. The maximum absolute atomic E-state index is 13.7. The highest BCUT2D eigenvalue weighted by molar-refractivity contribution is 6.13. The van der Waals surface area contributed by atoms with Crippen LogP contribution in [-0.4, -0.2) is 30.6 Å². The number of aromatic hydroxyl groups is 1. The molecule has 0 bridgehead atoms. The Kier molecular flexibility index (Phi) is 4.73. The molecule has 4 atom stereocenters. The highest BCUT2D eigenvalue weighted by Crippen LogP contribution is 2.60. The number of phenolic OH excluding ortho intramolecular Hbond substituents is 1. The van der Waals surface area contributed by atoms with Gasteiger partial charge in [-0.05, 0) is 48.8 Å². The van der Waals surface area contributed by atoms with E-state index in [1.54, 1.807) is 62.4 Å². The molecule has 1 aliphatic heterocycles. The summed E-state index contributed by atoms with van der Waals surface area (Å²) < 4.78 is 3.96. The Morgan fingerprint density at radius 2 is 1.64 bits per heavy atom. The summed E-state index contributed by atoms with van der Waals surface area (Å²) >= 11 is 0. The first-order valence-corrected chi connectivity index (χ1v) is 12.0. The Morgan fingerprint density at radius 1 is 0.944 bits per heavy atom. The van der Waals surface area contributed by atoms with Crippen molar-refractivity contribution >= 4 is 11.6 Å². The van der Waals surface area contributed by atoms with E-state index >= 15 is 0 Å². The lowest BCUT2D eigenvalue weighted by Crippen LogP contribution is -2.54. The van der Waals surface area contributed by atoms with Crippen LogP contribution in [-0.2, 0) is 16.1 Å². The number of fused-ring (bicyclic) bond motifs is 4. The van der Waals surface area contributed by atoms with Crippen molar-refractivity contribution in [3.05, 3.63) is 104 Å². The number of rotatable bonds is 2. The number of ketones is 2. The number of carbonyl (C=O) groups excluding carboxylic acids is 2. The lowest BCUT2D eigenvalue weighted by Gasteiger charge is -2.52. The van der Waals surface area contributed by atoms with E-state index in [2.05, 4.69) is 0 Å². The zero-order valence-corrected chi connectivity index (χ0v) is 19.9. The third-order valence-electron chi connectivity index (χ3n) is 8.17. The van der Waals surface area contributed by atoms with Gasteiger partial charge in [-0.3, -0.25) is 9.59 Å². The molecule has 2 aliphatic carbocycles. The van der Waals surface area contributed by atoms with Gasteiger partial charge in [-0.15, -0.1) is 0 Å². The fraction of sp³-hybridized carbons (Fsp3) is 0.286. The summed E-state index contributed by atoms with van der Waals surface area (Å²) in [6.07, 6.45) is 3.48. The Balaban J connectivity index is 1.61. The van der Waals surface area contributed by atoms with Crippen LogP contribution in [0, 0.1) is 11.3 Å². The molecule has 1 N–H and O–H groups in total. The molecule has 182 valence electrons. The average Bonchev–Trinajstić information content (AvgIpc) is 3.13. The number of hydrogen-bond acceptors (Lipinski definition) is 5. The second-order valence-electron chi connectivity index (χ2n) is 10.0. The third kappa shape index (κ3) is 2.81. The van der Waals surface area contributed by atoms with Crippen molar-refractivity contribution in [1.82, 2.24) is 13.9 Å². The van der Waals surface area contributed by atoms with Gasteiger partial charge in [-0.2, -0.15) is 0 Å². The van der Waals surface area contributed by atoms with Crippen LogP contribution in [0.4, 0.5) is 0 Å². The number of hydrogen-bond donors (Lipinski definition) is 1. The van der Waals surface area contributed by atoms with Crippen molar-refractivity contribution in [2.75, 3.05) is 0 Å². The number of nitrogens with zero attached hydrogens (tertiary/aromatic N) is 3. The number of Topliss-reactive ketones (excluding diaryl/α,β-unsaturated/α-hetero) is 1. The topological polar surface area (TPSA) is 103 Å². The predicted molar refractivity (Wildman–Crippen MR) is 132 cm³/mol. The van der Waals surface area contributed by atoms with E-state index in [0.717, 1.165) is 10.1 Å². The summed E-state index contributed by atoms with van der Waals surface area (Å²) in [5.41, 5.74) is 0.0488. The van der Waals surface area contributed by atoms with Crippen LogP contribution in [0.2, 0.25) is 0 Å². The molecule has 0 amide bonds. The molecule has 8 nitrogen and oxygen atoms in total. The van der Waals surface area contributed by atoms with Crippen LogP contribution in [0.15, 0.2) is 87.5 Å².